The van der Waals surface area contributed by atoms with Gasteiger partial charge in [0.05, 0.1) is 0 Å². The van der Waals surface area contributed by atoms with Crippen molar-refractivity contribution in [3.63, 3.8) is 0 Å². The van der Waals surface area contributed by atoms with E-state index in [0.29, 0.717) is 11.9 Å². The first-order valence-electron chi connectivity index (χ1n) is 7.99. The number of carbonyl (C=O) groups excluding carboxylic acids is 1. The lowest BCUT2D eigenvalue weighted by molar-refractivity contribution is -0.140. The van der Waals surface area contributed by atoms with Crippen molar-refractivity contribution in [2.45, 2.75) is 64.8 Å². The van der Waals surface area contributed by atoms with Crippen LogP contribution in [-0.2, 0) is 4.79 Å². The molecule has 0 aromatic carbocycles. The summed E-state index contributed by atoms with van der Waals surface area (Å²) in [6, 6.07) is 0.509. The minimum absolute atomic E-state index is 0.184. The van der Waals surface area contributed by atoms with E-state index >= 15 is 0 Å². The normalized spacial score (nSPS) is 30.9. The average Bonchev–Trinajstić information content (AvgIpc) is 2.38. The highest BCUT2D eigenvalue weighted by molar-refractivity contribution is 5.79. The predicted molar refractivity (Wildman–Crippen MR) is 79.0 cm³/mol. The molecule has 3 nitrogen and oxygen atoms in total. The second-order valence-corrected chi connectivity index (χ2v) is 7.15. The fourth-order valence-corrected chi connectivity index (χ4v) is 3.72. The monoisotopic (exact) mass is 266 g/mol. The summed E-state index contributed by atoms with van der Waals surface area (Å²) in [6.07, 6.45) is 8.57. The zero-order chi connectivity index (χ0) is 13.9. The highest BCUT2D eigenvalue weighted by atomic mass is 16.2. The number of nitrogens with zero attached hydrogens (tertiary/aromatic N) is 1. The summed E-state index contributed by atoms with van der Waals surface area (Å²) in [4.78, 5) is 14.7. The molecule has 3 heteroatoms. The molecule has 2 unspecified atom stereocenters. The zero-order valence-electron chi connectivity index (χ0n) is 12.9. The summed E-state index contributed by atoms with van der Waals surface area (Å²) in [6.45, 7) is 6.52. The van der Waals surface area contributed by atoms with Gasteiger partial charge in [0.15, 0.2) is 0 Å². The van der Waals surface area contributed by atoms with Crippen molar-refractivity contribution in [3.8, 4) is 0 Å². The van der Waals surface area contributed by atoms with E-state index in [1.54, 1.807) is 0 Å². The molecule has 1 N–H and O–H groups in total. The van der Waals surface area contributed by atoms with Crippen LogP contribution in [0.15, 0.2) is 0 Å². The third kappa shape index (κ3) is 3.71. The van der Waals surface area contributed by atoms with Crippen molar-refractivity contribution in [2.75, 3.05) is 20.1 Å². The number of nitrogens with one attached hydrogen (secondary N) is 1. The maximum absolute atomic E-state index is 12.7. The lowest BCUT2D eigenvalue weighted by Gasteiger charge is -2.40. The SMILES string of the molecule is CN(CC1CCCCN1)C(=O)C1CCCCC1(C)C. The van der Waals surface area contributed by atoms with Crippen LogP contribution in [0.1, 0.15) is 58.8 Å². The van der Waals surface area contributed by atoms with Gasteiger partial charge in [0.25, 0.3) is 0 Å². The summed E-state index contributed by atoms with van der Waals surface area (Å²) < 4.78 is 0. The van der Waals surface area contributed by atoms with Crippen molar-refractivity contribution in [2.24, 2.45) is 11.3 Å². The van der Waals surface area contributed by atoms with Crippen molar-refractivity contribution in [1.82, 2.24) is 10.2 Å². The lowest BCUT2D eigenvalue weighted by atomic mass is 9.68. The van der Waals surface area contributed by atoms with Gasteiger partial charge in [0.1, 0.15) is 0 Å². The molecule has 1 aliphatic heterocycles. The fourth-order valence-electron chi connectivity index (χ4n) is 3.72. The Kier molecular flexibility index (Phi) is 4.88. The first kappa shape index (κ1) is 14.8. The standard InChI is InChI=1S/C16H30N2O/c1-16(2)10-6-4-9-14(16)15(19)18(3)12-13-8-5-7-11-17-13/h13-14,17H,4-12H2,1-3H3. The summed E-state index contributed by atoms with van der Waals surface area (Å²) >= 11 is 0. The van der Waals surface area contributed by atoms with E-state index in [1.165, 1.54) is 38.5 Å². The third-order valence-electron chi connectivity index (χ3n) is 5.09. The second kappa shape index (κ2) is 6.25. The molecule has 0 spiro atoms. The number of likely N-dealkylation sites (N-methyl/N-ethyl adjacent to an activating group) is 1. The number of carbonyl (C=O) groups is 1. The third-order valence-corrected chi connectivity index (χ3v) is 5.09. The Balaban J connectivity index is 1.90. The van der Waals surface area contributed by atoms with Gasteiger partial charge in [0.2, 0.25) is 5.91 Å². The number of rotatable bonds is 3. The van der Waals surface area contributed by atoms with E-state index in [1.807, 2.05) is 11.9 Å². The number of amides is 1. The Morgan fingerprint density at radius 2 is 1.95 bits per heavy atom. The molecule has 1 amide bonds. The summed E-state index contributed by atoms with van der Waals surface area (Å²) in [7, 11) is 1.99. The molecule has 0 aromatic heterocycles. The van der Waals surface area contributed by atoms with Crippen LogP contribution in [-0.4, -0.2) is 37.0 Å². The fraction of sp³-hybridized carbons (Fsp3) is 0.938. The number of hydrogen-bond acceptors (Lipinski definition) is 2. The first-order valence-corrected chi connectivity index (χ1v) is 7.99. The molecule has 2 atom stereocenters. The van der Waals surface area contributed by atoms with Gasteiger partial charge in [-0.25, -0.2) is 0 Å². The van der Waals surface area contributed by atoms with E-state index < -0.39 is 0 Å². The summed E-state index contributed by atoms with van der Waals surface area (Å²) in [5.41, 5.74) is 0.184. The van der Waals surface area contributed by atoms with Crippen LogP contribution >= 0.6 is 0 Å². The zero-order valence-corrected chi connectivity index (χ0v) is 12.9. The Morgan fingerprint density at radius 1 is 1.21 bits per heavy atom. The van der Waals surface area contributed by atoms with Gasteiger partial charge in [-0.3, -0.25) is 4.79 Å². The molecule has 2 fully saturated rings. The van der Waals surface area contributed by atoms with Crippen molar-refractivity contribution in [1.29, 1.82) is 0 Å². The highest BCUT2D eigenvalue weighted by Crippen LogP contribution is 2.41. The Labute approximate surface area is 118 Å². The first-order chi connectivity index (χ1) is 9.00. The smallest absolute Gasteiger partial charge is 0.226 e. The van der Waals surface area contributed by atoms with Gasteiger partial charge in [-0.15, -0.1) is 0 Å². The molecule has 1 saturated heterocycles. The van der Waals surface area contributed by atoms with E-state index in [9.17, 15) is 4.79 Å². The van der Waals surface area contributed by atoms with Gasteiger partial charge in [0, 0.05) is 25.6 Å². The average molecular weight is 266 g/mol. The van der Waals surface area contributed by atoms with Crippen molar-refractivity contribution < 1.29 is 4.79 Å². The maximum Gasteiger partial charge on any atom is 0.226 e. The van der Waals surface area contributed by atoms with Gasteiger partial charge >= 0.3 is 0 Å². The van der Waals surface area contributed by atoms with Crippen molar-refractivity contribution >= 4 is 5.91 Å². The molecule has 1 heterocycles. The largest absolute Gasteiger partial charge is 0.344 e. The van der Waals surface area contributed by atoms with Crippen LogP contribution in [0.3, 0.4) is 0 Å². The van der Waals surface area contributed by atoms with Crippen LogP contribution in [0.2, 0.25) is 0 Å². The quantitative estimate of drug-likeness (QED) is 0.852. The van der Waals surface area contributed by atoms with Crippen LogP contribution in [0, 0.1) is 11.3 Å². The predicted octanol–water partition coefficient (Wildman–Crippen LogP) is 2.80. The summed E-state index contributed by atoms with van der Waals surface area (Å²) in [5.74, 6) is 0.604. The molecule has 0 radical (unpaired) electrons. The molecule has 0 aromatic rings. The summed E-state index contributed by atoms with van der Waals surface area (Å²) in [5, 5.41) is 3.53. The minimum atomic E-state index is 0.184. The number of piperidine rings is 1. The molecular weight excluding hydrogens is 236 g/mol. The van der Waals surface area contributed by atoms with Gasteiger partial charge in [-0.05, 0) is 37.6 Å². The van der Waals surface area contributed by atoms with Crippen LogP contribution in [0.4, 0.5) is 0 Å². The van der Waals surface area contributed by atoms with Crippen molar-refractivity contribution in [3.05, 3.63) is 0 Å². The van der Waals surface area contributed by atoms with E-state index in [0.717, 1.165) is 19.5 Å². The van der Waals surface area contributed by atoms with Gasteiger partial charge < -0.3 is 10.2 Å². The lowest BCUT2D eigenvalue weighted by Crippen LogP contribution is -2.48. The topological polar surface area (TPSA) is 32.3 Å². The molecular formula is C16H30N2O. The van der Waals surface area contributed by atoms with Gasteiger partial charge in [-0.2, -0.15) is 0 Å². The molecule has 2 rings (SSSR count). The molecule has 1 saturated carbocycles. The van der Waals surface area contributed by atoms with Crippen LogP contribution in [0.5, 0.6) is 0 Å². The Morgan fingerprint density at radius 3 is 2.58 bits per heavy atom. The van der Waals surface area contributed by atoms with E-state index in [-0.39, 0.29) is 11.3 Å². The molecule has 2 aliphatic rings. The van der Waals surface area contributed by atoms with E-state index in [4.69, 9.17) is 0 Å². The highest BCUT2D eigenvalue weighted by Gasteiger charge is 2.38. The van der Waals surface area contributed by atoms with Gasteiger partial charge in [-0.1, -0.05) is 33.1 Å². The van der Waals surface area contributed by atoms with Crippen LogP contribution < -0.4 is 5.32 Å². The maximum atomic E-state index is 12.7. The second-order valence-electron chi connectivity index (χ2n) is 7.15. The molecule has 0 bridgehead atoms. The Hall–Kier alpha value is -0.570. The van der Waals surface area contributed by atoms with Crippen LogP contribution in [0.25, 0.3) is 0 Å². The molecule has 1 aliphatic carbocycles. The molecule has 110 valence electrons. The van der Waals surface area contributed by atoms with E-state index in [2.05, 4.69) is 19.2 Å². The minimum Gasteiger partial charge on any atom is -0.344 e. The molecule has 19 heavy (non-hydrogen) atoms. The Bertz CT molecular complexity index is 308. The number of hydrogen-bond donors (Lipinski definition) is 1.